The summed E-state index contributed by atoms with van der Waals surface area (Å²) in [4.78, 5) is 2.30. The minimum Gasteiger partial charge on any atom is -0.497 e. The lowest BCUT2D eigenvalue weighted by Crippen LogP contribution is -2.31. The fourth-order valence-corrected chi connectivity index (χ4v) is 3.76. The standard InChI is InChI=1S/C21H23N3O4/c1-25-14-7-13-12-24(6-5-15(13)19(8-14)26-2)18-11-22-23-17-10-21(28-4)20(27-3)9-16(17)18/h7-11H,5-6,12H2,1-4H3. The van der Waals surface area contributed by atoms with Crippen molar-refractivity contribution in [1.82, 2.24) is 10.2 Å². The quantitative estimate of drug-likeness (QED) is 0.672. The first-order valence-corrected chi connectivity index (χ1v) is 9.04. The number of methoxy groups -OCH3 is 4. The molecule has 7 heteroatoms. The Bertz CT molecular complexity index is 1020. The average molecular weight is 381 g/mol. The van der Waals surface area contributed by atoms with Crippen LogP contribution in [0.1, 0.15) is 11.1 Å². The van der Waals surface area contributed by atoms with E-state index in [1.165, 1.54) is 11.1 Å². The molecule has 0 bridgehead atoms. The number of fused-ring (bicyclic) bond motifs is 2. The Morgan fingerprint density at radius 1 is 0.857 bits per heavy atom. The average Bonchev–Trinajstić information content (AvgIpc) is 2.76. The fourth-order valence-electron chi connectivity index (χ4n) is 3.76. The molecule has 0 N–H and O–H groups in total. The van der Waals surface area contributed by atoms with E-state index in [1.807, 2.05) is 18.2 Å². The Kier molecular flexibility index (Phi) is 4.81. The zero-order valence-corrected chi connectivity index (χ0v) is 16.5. The van der Waals surface area contributed by atoms with Gasteiger partial charge in [0.1, 0.15) is 11.5 Å². The number of rotatable bonds is 5. The molecule has 7 nitrogen and oxygen atoms in total. The van der Waals surface area contributed by atoms with Crippen molar-refractivity contribution in [2.75, 3.05) is 39.9 Å². The molecule has 0 saturated carbocycles. The van der Waals surface area contributed by atoms with E-state index in [4.69, 9.17) is 18.9 Å². The van der Waals surface area contributed by atoms with Crippen molar-refractivity contribution in [2.45, 2.75) is 13.0 Å². The van der Waals surface area contributed by atoms with E-state index >= 15 is 0 Å². The van der Waals surface area contributed by atoms with Gasteiger partial charge in [0.2, 0.25) is 0 Å². The number of aromatic nitrogens is 2. The van der Waals surface area contributed by atoms with E-state index in [-0.39, 0.29) is 0 Å². The minimum absolute atomic E-state index is 0.639. The maximum absolute atomic E-state index is 5.57. The van der Waals surface area contributed by atoms with Gasteiger partial charge in [-0.3, -0.25) is 0 Å². The molecule has 0 radical (unpaired) electrons. The summed E-state index contributed by atoms with van der Waals surface area (Å²) in [7, 11) is 6.61. The van der Waals surface area contributed by atoms with E-state index in [1.54, 1.807) is 34.6 Å². The second kappa shape index (κ2) is 7.42. The summed E-state index contributed by atoms with van der Waals surface area (Å²) >= 11 is 0. The summed E-state index contributed by atoms with van der Waals surface area (Å²) in [5.74, 6) is 2.98. The van der Waals surface area contributed by atoms with E-state index in [0.717, 1.165) is 47.6 Å². The number of hydrogen-bond donors (Lipinski definition) is 0. The molecular formula is C21H23N3O4. The second-order valence-corrected chi connectivity index (χ2v) is 6.59. The van der Waals surface area contributed by atoms with E-state index in [2.05, 4.69) is 21.2 Å². The van der Waals surface area contributed by atoms with Gasteiger partial charge in [0, 0.05) is 36.2 Å². The molecule has 146 valence electrons. The van der Waals surface area contributed by atoms with Crippen LogP contribution in [-0.2, 0) is 13.0 Å². The van der Waals surface area contributed by atoms with E-state index in [0.29, 0.717) is 11.5 Å². The maximum Gasteiger partial charge on any atom is 0.162 e. The van der Waals surface area contributed by atoms with Crippen molar-refractivity contribution in [3.8, 4) is 23.0 Å². The Hall–Kier alpha value is -3.22. The molecule has 4 rings (SSSR count). The molecule has 28 heavy (non-hydrogen) atoms. The summed E-state index contributed by atoms with van der Waals surface area (Å²) < 4.78 is 21.9. The molecule has 3 aromatic rings. The van der Waals surface area contributed by atoms with Crippen molar-refractivity contribution < 1.29 is 18.9 Å². The molecular weight excluding hydrogens is 358 g/mol. The Balaban J connectivity index is 1.78. The SMILES string of the molecule is COc1cc2c(c(OC)c1)CCN(c1cnnc3cc(OC)c(OC)cc13)C2. The van der Waals surface area contributed by atoms with Gasteiger partial charge >= 0.3 is 0 Å². The van der Waals surface area contributed by atoms with Crippen LogP contribution in [-0.4, -0.2) is 45.2 Å². The third kappa shape index (κ3) is 3.02. The van der Waals surface area contributed by atoms with Crippen molar-refractivity contribution in [3.05, 3.63) is 41.6 Å². The molecule has 1 aliphatic heterocycles. The molecule has 0 unspecified atom stereocenters. The predicted octanol–water partition coefficient (Wildman–Crippen LogP) is 3.23. The van der Waals surface area contributed by atoms with Crippen LogP contribution < -0.4 is 23.8 Å². The lowest BCUT2D eigenvalue weighted by molar-refractivity contribution is 0.355. The van der Waals surface area contributed by atoms with Gasteiger partial charge in [-0.1, -0.05) is 0 Å². The van der Waals surface area contributed by atoms with Crippen LogP contribution in [0, 0.1) is 0 Å². The smallest absolute Gasteiger partial charge is 0.162 e. The van der Waals surface area contributed by atoms with Gasteiger partial charge in [-0.2, -0.15) is 10.2 Å². The van der Waals surface area contributed by atoms with Gasteiger partial charge in [-0.15, -0.1) is 0 Å². The molecule has 0 saturated heterocycles. The van der Waals surface area contributed by atoms with Gasteiger partial charge in [0.05, 0.1) is 45.8 Å². The van der Waals surface area contributed by atoms with Gasteiger partial charge in [-0.25, -0.2) is 0 Å². The molecule has 0 amide bonds. The second-order valence-electron chi connectivity index (χ2n) is 6.59. The maximum atomic E-state index is 5.57. The van der Waals surface area contributed by atoms with Crippen LogP contribution in [0.4, 0.5) is 5.69 Å². The minimum atomic E-state index is 0.639. The zero-order valence-electron chi connectivity index (χ0n) is 16.5. The van der Waals surface area contributed by atoms with Gasteiger partial charge in [0.15, 0.2) is 11.5 Å². The highest BCUT2D eigenvalue weighted by molar-refractivity contribution is 5.93. The summed E-state index contributed by atoms with van der Waals surface area (Å²) in [6.45, 7) is 1.59. The van der Waals surface area contributed by atoms with Gasteiger partial charge in [-0.05, 0) is 24.1 Å². The van der Waals surface area contributed by atoms with Crippen LogP contribution >= 0.6 is 0 Å². The number of nitrogens with zero attached hydrogens (tertiary/aromatic N) is 3. The zero-order chi connectivity index (χ0) is 19.7. The van der Waals surface area contributed by atoms with Crippen molar-refractivity contribution in [1.29, 1.82) is 0 Å². The van der Waals surface area contributed by atoms with Crippen LogP contribution in [0.5, 0.6) is 23.0 Å². The Morgan fingerprint density at radius 3 is 2.32 bits per heavy atom. The largest absolute Gasteiger partial charge is 0.497 e. The molecule has 0 atom stereocenters. The van der Waals surface area contributed by atoms with Crippen molar-refractivity contribution in [3.63, 3.8) is 0 Å². The predicted molar refractivity (Wildman–Crippen MR) is 107 cm³/mol. The van der Waals surface area contributed by atoms with E-state index in [9.17, 15) is 0 Å². The number of anilines is 1. The topological polar surface area (TPSA) is 65.9 Å². The third-order valence-electron chi connectivity index (χ3n) is 5.19. The van der Waals surface area contributed by atoms with E-state index < -0.39 is 0 Å². The highest BCUT2D eigenvalue weighted by Crippen LogP contribution is 2.38. The monoisotopic (exact) mass is 381 g/mol. The first-order chi connectivity index (χ1) is 13.7. The summed E-state index contributed by atoms with van der Waals surface area (Å²) in [5.41, 5.74) is 4.19. The first kappa shape index (κ1) is 18.2. The molecule has 0 aliphatic carbocycles. The molecule has 2 heterocycles. The molecule has 1 aliphatic rings. The lowest BCUT2D eigenvalue weighted by atomic mass is 9.97. The summed E-state index contributed by atoms with van der Waals surface area (Å²) in [5, 5.41) is 9.45. The van der Waals surface area contributed by atoms with Crippen LogP contribution in [0.2, 0.25) is 0 Å². The normalized spacial score (nSPS) is 13.2. The van der Waals surface area contributed by atoms with Gasteiger partial charge < -0.3 is 23.8 Å². The third-order valence-corrected chi connectivity index (χ3v) is 5.19. The number of hydrogen-bond acceptors (Lipinski definition) is 7. The summed E-state index contributed by atoms with van der Waals surface area (Å²) in [6.07, 6.45) is 2.68. The highest BCUT2D eigenvalue weighted by Gasteiger charge is 2.23. The number of ether oxygens (including phenoxy) is 4. The van der Waals surface area contributed by atoms with Crippen molar-refractivity contribution >= 4 is 16.6 Å². The molecule has 0 spiro atoms. The van der Waals surface area contributed by atoms with Crippen LogP contribution in [0.3, 0.4) is 0 Å². The first-order valence-electron chi connectivity index (χ1n) is 9.04. The van der Waals surface area contributed by atoms with Gasteiger partial charge in [0.25, 0.3) is 0 Å². The van der Waals surface area contributed by atoms with Crippen LogP contribution in [0.15, 0.2) is 30.5 Å². The fraction of sp³-hybridized carbons (Fsp3) is 0.333. The molecule has 1 aromatic heterocycles. The Morgan fingerprint density at radius 2 is 1.61 bits per heavy atom. The van der Waals surface area contributed by atoms with Crippen molar-refractivity contribution in [2.24, 2.45) is 0 Å². The highest BCUT2D eigenvalue weighted by atomic mass is 16.5. The lowest BCUT2D eigenvalue weighted by Gasteiger charge is -2.32. The Labute approximate surface area is 163 Å². The number of benzene rings is 2. The molecule has 2 aromatic carbocycles. The van der Waals surface area contributed by atoms with Crippen LogP contribution in [0.25, 0.3) is 10.9 Å². The molecule has 0 fully saturated rings. The summed E-state index contributed by atoms with van der Waals surface area (Å²) in [6, 6.07) is 7.83.